The Morgan fingerprint density at radius 1 is 1.62 bits per heavy atom. The van der Waals surface area contributed by atoms with E-state index in [0.717, 1.165) is 0 Å². The lowest BCUT2D eigenvalue weighted by atomic mass is 10.4. The summed E-state index contributed by atoms with van der Waals surface area (Å²) in [4.78, 5) is 27.6. The first-order chi connectivity index (χ1) is 7.63. The molecule has 0 aromatic carbocycles. The minimum Gasteiger partial charge on any atom is -0.346 e. The maximum atomic E-state index is 11.5. The number of likely N-dealkylation sites (N-methyl/N-ethyl adjacent to an activating group) is 1. The van der Waals surface area contributed by atoms with E-state index in [4.69, 9.17) is 5.73 Å². The molecule has 16 heavy (non-hydrogen) atoms. The van der Waals surface area contributed by atoms with Crippen LogP contribution in [0.2, 0.25) is 0 Å². The number of H-pyrrole nitrogens is 1. The molecular formula is C8H14N6O2. The van der Waals surface area contributed by atoms with Crippen molar-refractivity contribution in [2.24, 2.45) is 5.73 Å². The number of nitrogens with zero attached hydrogens (tertiary/aromatic N) is 3. The summed E-state index contributed by atoms with van der Waals surface area (Å²) in [5.74, 6) is 0.000571. The molecule has 0 aliphatic heterocycles. The van der Waals surface area contributed by atoms with Gasteiger partial charge in [-0.05, 0) is 0 Å². The lowest BCUT2D eigenvalue weighted by Crippen LogP contribution is -2.40. The van der Waals surface area contributed by atoms with Crippen molar-refractivity contribution in [2.75, 3.05) is 20.1 Å². The number of carbonyl (C=O) groups excluding carboxylic acids is 2. The van der Waals surface area contributed by atoms with Gasteiger partial charge in [0, 0.05) is 7.05 Å². The molecule has 1 aromatic rings. The van der Waals surface area contributed by atoms with E-state index in [1.54, 1.807) is 7.05 Å². The van der Waals surface area contributed by atoms with E-state index in [1.807, 2.05) is 0 Å². The number of aromatic nitrogens is 3. The summed E-state index contributed by atoms with van der Waals surface area (Å²) in [6, 6.07) is 0. The van der Waals surface area contributed by atoms with E-state index < -0.39 is 0 Å². The zero-order valence-corrected chi connectivity index (χ0v) is 8.93. The van der Waals surface area contributed by atoms with Crippen LogP contribution in [-0.4, -0.2) is 52.0 Å². The van der Waals surface area contributed by atoms with Crippen LogP contribution in [0.1, 0.15) is 5.82 Å². The van der Waals surface area contributed by atoms with E-state index in [-0.39, 0.29) is 24.9 Å². The highest BCUT2D eigenvalue weighted by Gasteiger charge is 2.11. The summed E-state index contributed by atoms with van der Waals surface area (Å²) in [6.07, 6.45) is 1.36. The highest BCUT2D eigenvalue weighted by molar-refractivity contribution is 5.85. The fraction of sp³-hybridized carbons (Fsp3) is 0.500. The van der Waals surface area contributed by atoms with Crippen molar-refractivity contribution in [3.8, 4) is 0 Å². The SMILES string of the molecule is CN(Cc1ncn[nH]1)C(=O)CNC(=O)CN. The first-order valence-electron chi connectivity index (χ1n) is 4.68. The van der Waals surface area contributed by atoms with Gasteiger partial charge in [0.2, 0.25) is 11.8 Å². The van der Waals surface area contributed by atoms with E-state index in [1.165, 1.54) is 11.2 Å². The van der Waals surface area contributed by atoms with Crippen LogP contribution >= 0.6 is 0 Å². The third-order valence-corrected chi connectivity index (χ3v) is 1.90. The molecule has 1 aromatic heterocycles. The highest BCUT2D eigenvalue weighted by Crippen LogP contribution is 1.93. The first kappa shape index (κ1) is 12.1. The second-order valence-electron chi connectivity index (χ2n) is 3.16. The van der Waals surface area contributed by atoms with Crippen LogP contribution < -0.4 is 11.1 Å². The monoisotopic (exact) mass is 226 g/mol. The lowest BCUT2D eigenvalue weighted by molar-refractivity contribution is -0.132. The van der Waals surface area contributed by atoms with E-state index in [9.17, 15) is 9.59 Å². The van der Waals surface area contributed by atoms with Crippen LogP contribution in [0.25, 0.3) is 0 Å². The summed E-state index contributed by atoms with van der Waals surface area (Å²) in [5, 5.41) is 8.69. The summed E-state index contributed by atoms with van der Waals surface area (Å²) in [7, 11) is 1.61. The quantitative estimate of drug-likeness (QED) is 0.528. The Kier molecular flexibility index (Phi) is 4.40. The highest BCUT2D eigenvalue weighted by atomic mass is 16.2. The Balaban J connectivity index is 2.33. The van der Waals surface area contributed by atoms with E-state index >= 15 is 0 Å². The van der Waals surface area contributed by atoms with E-state index in [0.29, 0.717) is 12.4 Å². The molecule has 1 rings (SSSR count). The Morgan fingerprint density at radius 2 is 2.38 bits per heavy atom. The van der Waals surface area contributed by atoms with Crippen LogP contribution in [0.3, 0.4) is 0 Å². The van der Waals surface area contributed by atoms with Crippen molar-refractivity contribution in [3.63, 3.8) is 0 Å². The first-order valence-corrected chi connectivity index (χ1v) is 4.68. The van der Waals surface area contributed by atoms with Gasteiger partial charge in [0.05, 0.1) is 19.6 Å². The number of nitrogens with one attached hydrogen (secondary N) is 2. The third-order valence-electron chi connectivity index (χ3n) is 1.90. The lowest BCUT2D eigenvalue weighted by Gasteiger charge is -2.15. The Morgan fingerprint density at radius 3 is 2.94 bits per heavy atom. The number of rotatable bonds is 5. The van der Waals surface area contributed by atoms with Gasteiger partial charge < -0.3 is 16.0 Å². The van der Waals surface area contributed by atoms with Crippen LogP contribution in [-0.2, 0) is 16.1 Å². The topological polar surface area (TPSA) is 117 Å². The van der Waals surface area contributed by atoms with Crippen molar-refractivity contribution < 1.29 is 9.59 Å². The predicted octanol–water partition coefficient (Wildman–Crippen LogP) is -2.16. The number of nitrogens with two attached hydrogens (primary N) is 1. The fourth-order valence-corrected chi connectivity index (χ4v) is 1.00. The molecule has 0 spiro atoms. The molecule has 0 radical (unpaired) electrons. The largest absolute Gasteiger partial charge is 0.346 e. The number of aromatic amines is 1. The zero-order chi connectivity index (χ0) is 12.0. The normalized spacial score (nSPS) is 9.88. The Bertz CT molecular complexity index is 349. The molecule has 8 nitrogen and oxygen atoms in total. The molecule has 0 aliphatic carbocycles. The van der Waals surface area contributed by atoms with E-state index in [2.05, 4.69) is 20.5 Å². The van der Waals surface area contributed by atoms with Crippen LogP contribution in [0.4, 0.5) is 0 Å². The van der Waals surface area contributed by atoms with Gasteiger partial charge in [0.1, 0.15) is 12.2 Å². The minimum absolute atomic E-state index is 0.0688. The second-order valence-corrected chi connectivity index (χ2v) is 3.16. The van der Waals surface area contributed by atoms with Gasteiger partial charge in [-0.1, -0.05) is 0 Å². The van der Waals surface area contributed by atoms with Crippen molar-refractivity contribution in [2.45, 2.75) is 6.54 Å². The van der Waals surface area contributed by atoms with Crippen molar-refractivity contribution >= 4 is 11.8 Å². The van der Waals surface area contributed by atoms with Crippen molar-refractivity contribution in [3.05, 3.63) is 12.2 Å². The Labute approximate surface area is 92.2 Å². The maximum absolute atomic E-state index is 11.5. The maximum Gasteiger partial charge on any atom is 0.242 e. The van der Waals surface area contributed by atoms with Crippen LogP contribution in [0.15, 0.2) is 6.33 Å². The van der Waals surface area contributed by atoms with Crippen LogP contribution in [0.5, 0.6) is 0 Å². The molecule has 1 heterocycles. The zero-order valence-electron chi connectivity index (χ0n) is 8.93. The molecule has 0 fully saturated rings. The molecule has 0 atom stereocenters. The molecule has 0 aliphatic rings. The molecule has 0 bridgehead atoms. The minimum atomic E-state index is -0.360. The summed E-state index contributed by atoms with van der Waals surface area (Å²) >= 11 is 0. The molecule has 4 N–H and O–H groups in total. The third kappa shape index (κ3) is 3.65. The molecule has 8 heteroatoms. The van der Waals surface area contributed by atoms with Crippen LogP contribution in [0, 0.1) is 0 Å². The van der Waals surface area contributed by atoms with Gasteiger partial charge in [-0.25, -0.2) is 4.98 Å². The summed E-state index contributed by atoms with van der Waals surface area (Å²) < 4.78 is 0. The van der Waals surface area contributed by atoms with Gasteiger partial charge in [-0.2, -0.15) is 5.10 Å². The standard InChI is InChI=1S/C8H14N6O2/c1-14(4-6-11-5-12-13-6)8(16)3-10-7(15)2-9/h5H,2-4,9H2,1H3,(H,10,15)(H,11,12,13). The fourth-order valence-electron chi connectivity index (χ4n) is 1.00. The van der Waals surface area contributed by atoms with Gasteiger partial charge in [-0.3, -0.25) is 14.7 Å². The molecular weight excluding hydrogens is 212 g/mol. The van der Waals surface area contributed by atoms with Crippen molar-refractivity contribution in [1.29, 1.82) is 0 Å². The van der Waals surface area contributed by atoms with Gasteiger partial charge in [0.15, 0.2) is 0 Å². The smallest absolute Gasteiger partial charge is 0.242 e. The molecule has 88 valence electrons. The van der Waals surface area contributed by atoms with Crippen molar-refractivity contribution in [1.82, 2.24) is 25.4 Å². The number of amides is 2. The number of hydrogen-bond acceptors (Lipinski definition) is 5. The van der Waals surface area contributed by atoms with Gasteiger partial charge in [0.25, 0.3) is 0 Å². The van der Waals surface area contributed by atoms with Gasteiger partial charge in [-0.15, -0.1) is 0 Å². The molecule has 0 unspecified atom stereocenters. The second kappa shape index (κ2) is 5.81. The molecule has 2 amide bonds. The summed E-state index contributed by atoms with van der Waals surface area (Å²) in [6.45, 7) is 0.122. The molecule has 0 saturated heterocycles. The number of hydrogen-bond donors (Lipinski definition) is 3. The predicted molar refractivity (Wildman–Crippen MR) is 54.9 cm³/mol. The average molecular weight is 226 g/mol. The van der Waals surface area contributed by atoms with Gasteiger partial charge >= 0.3 is 0 Å². The molecule has 0 saturated carbocycles. The Hall–Kier alpha value is -1.96. The summed E-state index contributed by atoms with van der Waals surface area (Å²) in [5.41, 5.74) is 5.08. The number of carbonyl (C=O) groups is 2. The average Bonchev–Trinajstić information content (AvgIpc) is 2.77.